The molecule has 1 aromatic carbocycles. The molecule has 10 nitrogen and oxygen atoms in total. The van der Waals surface area contributed by atoms with Crippen LogP contribution in [0.5, 0.6) is 5.75 Å². The molecule has 0 spiro atoms. The summed E-state index contributed by atoms with van der Waals surface area (Å²) < 4.78 is 0. The third-order valence-corrected chi connectivity index (χ3v) is 3.72. The van der Waals surface area contributed by atoms with Gasteiger partial charge < -0.3 is 15.7 Å². The van der Waals surface area contributed by atoms with E-state index in [-0.39, 0.29) is 5.75 Å². The Morgan fingerprint density at radius 2 is 2.04 bits per heavy atom. The second kappa shape index (κ2) is 7.66. The summed E-state index contributed by atoms with van der Waals surface area (Å²) in [7, 11) is 0. The topological polar surface area (TPSA) is 137 Å². The number of hydrogen-bond acceptors (Lipinski definition) is 9. The number of H-pyrrole nitrogens is 1. The van der Waals surface area contributed by atoms with Gasteiger partial charge in [0.05, 0.1) is 12.7 Å². The van der Waals surface area contributed by atoms with E-state index in [9.17, 15) is 5.11 Å². The number of anilines is 3. The summed E-state index contributed by atoms with van der Waals surface area (Å²) in [6.45, 7) is 2.27. The van der Waals surface area contributed by atoms with Crippen LogP contribution in [0.3, 0.4) is 0 Å². The first-order valence-corrected chi connectivity index (χ1v) is 8.49. The molecule has 28 heavy (non-hydrogen) atoms. The number of nitrogens with one attached hydrogen (secondary N) is 3. The quantitative estimate of drug-likeness (QED) is 0.400. The average Bonchev–Trinajstić information content (AvgIpc) is 3.16. The van der Waals surface area contributed by atoms with Crippen LogP contribution in [-0.4, -0.2) is 40.2 Å². The monoisotopic (exact) mass is 375 g/mol. The van der Waals surface area contributed by atoms with Crippen molar-refractivity contribution >= 4 is 17.5 Å². The number of aromatic amines is 1. The zero-order valence-electron chi connectivity index (χ0n) is 15.0. The van der Waals surface area contributed by atoms with Crippen molar-refractivity contribution in [3.63, 3.8) is 0 Å². The number of phenolic OH excluding ortho intramolecular Hbond substituents is 1. The Morgan fingerprint density at radius 1 is 1.11 bits per heavy atom. The van der Waals surface area contributed by atoms with Gasteiger partial charge in [0.25, 0.3) is 0 Å². The lowest BCUT2D eigenvalue weighted by Gasteiger charge is -2.09. The van der Waals surface area contributed by atoms with Gasteiger partial charge in [-0.3, -0.25) is 10.1 Å². The van der Waals surface area contributed by atoms with Crippen LogP contribution in [0.2, 0.25) is 0 Å². The van der Waals surface area contributed by atoms with Crippen molar-refractivity contribution in [1.29, 1.82) is 0 Å². The molecular weight excluding hydrogens is 358 g/mol. The fraction of sp³-hybridized carbons (Fsp3) is 0.111. The van der Waals surface area contributed by atoms with Gasteiger partial charge in [0.15, 0.2) is 0 Å². The molecular formula is C18H17N9O. The van der Waals surface area contributed by atoms with Crippen molar-refractivity contribution in [2.24, 2.45) is 0 Å². The fourth-order valence-electron chi connectivity index (χ4n) is 2.51. The number of aromatic hydroxyl groups is 1. The molecule has 4 aromatic rings. The minimum atomic E-state index is 0.167. The average molecular weight is 375 g/mol. The fourth-order valence-corrected chi connectivity index (χ4v) is 2.51. The lowest BCUT2D eigenvalue weighted by molar-refractivity contribution is 0.475. The maximum atomic E-state index is 9.58. The maximum absolute atomic E-state index is 9.58. The summed E-state index contributed by atoms with van der Waals surface area (Å²) in [6, 6.07) is 8.59. The lowest BCUT2D eigenvalue weighted by Crippen LogP contribution is -2.06. The minimum Gasteiger partial charge on any atom is -0.508 e. The largest absolute Gasteiger partial charge is 0.508 e. The second-order valence-corrected chi connectivity index (χ2v) is 5.94. The van der Waals surface area contributed by atoms with Crippen molar-refractivity contribution in [2.75, 3.05) is 10.6 Å². The van der Waals surface area contributed by atoms with Gasteiger partial charge in [0, 0.05) is 35.9 Å². The number of rotatable bonds is 6. The number of phenols is 1. The molecule has 0 saturated heterocycles. The van der Waals surface area contributed by atoms with Crippen LogP contribution in [0.4, 0.5) is 17.5 Å². The van der Waals surface area contributed by atoms with E-state index >= 15 is 0 Å². The van der Waals surface area contributed by atoms with E-state index in [4.69, 9.17) is 0 Å². The summed E-state index contributed by atoms with van der Waals surface area (Å²) in [5.41, 5.74) is 2.08. The highest BCUT2D eigenvalue weighted by molar-refractivity contribution is 5.57. The molecule has 0 bridgehead atoms. The second-order valence-electron chi connectivity index (χ2n) is 5.94. The van der Waals surface area contributed by atoms with Crippen molar-refractivity contribution < 1.29 is 5.11 Å². The zero-order chi connectivity index (χ0) is 19.3. The van der Waals surface area contributed by atoms with Crippen molar-refractivity contribution in [3.05, 3.63) is 60.4 Å². The highest BCUT2D eigenvalue weighted by atomic mass is 16.3. The summed E-state index contributed by atoms with van der Waals surface area (Å²) >= 11 is 0. The molecule has 0 radical (unpaired) electrons. The molecule has 0 unspecified atom stereocenters. The molecule has 10 heteroatoms. The smallest absolute Gasteiger partial charge is 0.229 e. The van der Waals surface area contributed by atoms with Gasteiger partial charge in [0.2, 0.25) is 11.8 Å². The normalized spacial score (nSPS) is 10.6. The van der Waals surface area contributed by atoms with Gasteiger partial charge in [-0.15, -0.1) is 0 Å². The Hall–Kier alpha value is -4.08. The van der Waals surface area contributed by atoms with Crippen molar-refractivity contribution in [3.8, 4) is 17.3 Å². The number of benzene rings is 1. The molecule has 0 aliphatic carbocycles. The molecule has 0 aliphatic heterocycles. The minimum absolute atomic E-state index is 0.167. The molecule has 3 heterocycles. The highest BCUT2D eigenvalue weighted by Gasteiger charge is 2.08. The van der Waals surface area contributed by atoms with Crippen LogP contribution < -0.4 is 10.6 Å². The maximum Gasteiger partial charge on any atom is 0.229 e. The Balaban J connectivity index is 1.45. The Labute approximate surface area is 160 Å². The molecule has 0 saturated carbocycles. The number of nitrogens with zero attached hydrogens (tertiary/aromatic N) is 6. The van der Waals surface area contributed by atoms with Gasteiger partial charge in [-0.05, 0) is 19.1 Å². The SMILES string of the molecule is Cc1cc(NCc2nc(-c3cnccn3)n[nH]2)nc(Nc2cccc(O)c2)n1. The predicted molar refractivity (Wildman–Crippen MR) is 103 cm³/mol. The summed E-state index contributed by atoms with van der Waals surface area (Å²) in [5, 5.41) is 22.9. The Kier molecular flexibility index (Phi) is 4.74. The van der Waals surface area contributed by atoms with Gasteiger partial charge in [-0.2, -0.15) is 10.1 Å². The highest BCUT2D eigenvalue weighted by Crippen LogP contribution is 2.20. The van der Waals surface area contributed by atoms with E-state index in [1.54, 1.807) is 36.8 Å². The molecule has 4 rings (SSSR count). The Bertz CT molecular complexity index is 1080. The van der Waals surface area contributed by atoms with E-state index < -0.39 is 0 Å². The molecule has 0 atom stereocenters. The third kappa shape index (κ3) is 4.18. The van der Waals surface area contributed by atoms with Crippen LogP contribution in [0.15, 0.2) is 48.9 Å². The molecule has 3 aromatic heterocycles. The van der Waals surface area contributed by atoms with E-state index in [2.05, 4.69) is 45.8 Å². The Morgan fingerprint density at radius 3 is 2.86 bits per heavy atom. The van der Waals surface area contributed by atoms with E-state index in [0.29, 0.717) is 41.3 Å². The van der Waals surface area contributed by atoms with Gasteiger partial charge in [-0.25, -0.2) is 15.0 Å². The van der Waals surface area contributed by atoms with E-state index in [1.165, 1.54) is 0 Å². The van der Waals surface area contributed by atoms with Crippen molar-refractivity contribution in [1.82, 2.24) is 35.1 Å². The van der Waals surface area contributed by atoms with Crippen LogP contribution in [-0.2, 0) is 6.54 Å². The molecule has 140 valence electrons. The van der Waals surface area contributed by atoms with E-state index in [1.807, 2.05) is 19.1 Å². The summed E-state index contributed by atoms with van der Waals surface area (Å²) in [6.07, 6.45) is 4.79. The predicted octanol–water partition coefficient (Wildman–Crippen LogP) is 2.42. The third-order valence-electron chi connectivity index (χ3n) is 3.72. The number of hydrogen-bond donors (Lipinski definition) is 4. The van der Waals surface area contributed by atoms with Crippen molar-refractivity contribution in [2.45, 2.75) is 13.5 Å². The van der Waals surface area contributed by atoms with E-state index in [0.717, 1.165) is 5.69 Å². The van der Waals surface area contributed by atoms with Crippen LogP contribution >= 0.6 is 0 Å². The lowest BCUT2D eigenvalue weighted by atomic mass is 10.3. The first-order valence-electron chi connectivity index (χ1n) is 8.49. The molecule has 4 N–H and O–H groups in total. The molecule has 0 amide bonds. The molecule has 0 fully saturated rings. The summed E-state index contributed by atoms with van der Waals surface area (Å²) in [5.74, 6) is 2.34. The number of aryl methyl sites for hydroxylation is 1. The first-order chi connectivity index (χ1) is 13.7. The zero-order valence-corrected chi connectivity index (χ0v) is 15.0. The van der Waals surface area contributed by atoms with Gasteiger partial charge in [0.1, 0.15) is 23.1 Å². The molecule has 0 aliphatic rings. The van der Waals surface area contributed by atoms with Crippen LogP contribution in [0.25, 0.3) is 11.5 Å². The summed E-state index contributed by atoms with van der Waals surface area (Å²) in [4.78, 5) is 21.4. The van der Waals surface area contributed by atoms with Gasteiger partial charge >= 0.3 is 0 Å². The standard InChI is InChI=1S/C18H17N9O/c1-11-7-15(25-18(22-11)23-12-3-2-4-13(28)8-12)21-10-16-24-17(27-26-16)14-9-19-5-6-20-14/h2-9,28H,10H2,1H3,(H,24,26,27)(H2,21,22,23,25). The van der Waals surface area contributed by atoms with Crippen LogP contribution in [0.1, 0.15) is 11.5 Å². The van der Waals surface area contributed by atoms with Crippen LogP contribution in [0, 0.1) is 6.92 Å². The van der Waals surface area contributed by atoms with Gasteiger partial charge in [-0.1, -0.05) is 6.07 Å². The first kappa shape index (κ1) is 17.3. The number of aromatic nitrogens is 7.